The first-order valence-electron chi connectivity index (χ1n) is 10.2. The summed E-state index contributed by atoms with van der Waals surface area (Å²) in [6, 6.07) is 10.1. The molecule has 27 heavy (non-hydrogen) atoms. The van der Waals surface area contributed by atoms with Crippen LogP contribution >= 0.6 is 0 Å². The van der Waals surface area contributed by atoms with E-state index in [1.807, 2.05) is 23.1 Å². The predicted molar refractivity (Wildman–Crippen MR) is 102 cm³/mol. The van der Waals surface area contributed by atoms with E-state index in [2.05, 4.69) is 17.0 Å². The highest BCUT2D eigenvalue weighted by Crippen LogP contribution is 2.31. The van der Waals surface area contributed by atoms with E-state index in [0.717, 1.165) is 31.6 Å². The fourth-order valence-corrected chi connectivity index (χ4v) is 4.56. The third kappa shape index (κ3) is 4.17. The van der Waals surface area contributed by atoms with Gasteiger partial charge in [0.2, 0.25) is 11.8 Å². The molecule has 2 atom stereocenters. The number of hydrogen-bond donors (Lipinski definition) is 0. The van der Waals surface area contributed by atoms with Gasteiger partial charge < -0.3 is 19.4 Å². The quantitative estimate of drug-likeness (QED) is 0.790. The molecule has 6 heteroatoms. The molecule has 3 saturated heterocycles. The van der Waals surface area contributed by atoms with Crippen LogP contribution in [0, 0.1) is 0 Å². The third-order valence-corrected chi connectivity index (χ3v) is 5.95. The van der Waals surface area contributed by atoms with Crippen molar-refractivity contribution in [3.05, 3.63) is 35.9 Å². The van der Waals surface area contributed by atoms with Crippen LogP contribution in [0.4, 0.5) is 0 Å². The van der Waals surface area contributed by atoms with Crippen LogP contribution in [0.2, 0.25) is 0 Å². The number of benzene rings is 1. The van der Waals surface area contributed by atoms with Crippen LogP contribution in [0.15, 0.2) is 30.3 Å². The lowest BCUT2D eigenvalue weighted by Crippen LogP contribution is -2.53. The molecule has 3 aliphatic rings. The van der Waals surface area contributed by atoms with E-state index in [1.54, 1.807) is 4.90 Å². The number of hydrogen-bond acceptors (Lipinski definition) is 4. The lowest BCUT2D eigenvalue weighted by molar-refractivity contribution is -0.151. The maximum absolute atomic E-state index is 13.1. The number of carbonyl (C=O) groups is 2. The molecule has 0 N–H and O–H groups in total. The summed E-state index contributed by atoms with van der Waals surface area (Å²) in [4.78, 5) is 31.2. The zero-order valence-electron chi connectivity index (χ0n) is 15.9. The molecule has 3 heterocycles. The number of morpholine rings is 1. The lowest BCUT2D eigenvalue weighted by Gasteiger charge is -2.43. The molecule has 3 fully saturated rings. The smallest absolute Gasteiger partial charge is 0.242 e. The van der Waals surface area contributed by atoms with Gasteiger partial charge in [0.15, 0.2) is 0 Å². The van der Waals surface area contributed by atoms with Crippen molar-refractivity contribution in [2.24, 2.45) is 0 Å². The maximum Gasteiger partial charge on any atom is 0.242 e. The van der Waals surface area contributed by atoms with Gasteiger partial charge in [0.05, 0.1) is 25.3 Å². The van der Waals surface area contributed by atoms with Gasteiger partial charge in [-0.25, -0.2) is 0 Å². The minimum atomic E-state index is -0.0919. The van der Waals surface area contributed by atoms with Crippen LogP contribution in [-0.2, 0) is 14.3 Å². The molecule has 1 aromatic carbocycles. The van der Waals surface area contributed by atoms with E-state index in [-0.39, 0.29) is 30.5 Å². The van der Waals surface area contributed by atoms with E-state index in [0.29, 0.717) is 26.1 Å². The summed E-state index contributed by atoms with van der Waals surface area (Å²) in [6.07, 6.45) is 3.87. The fourth-order valence-electron chi connectivity index (χ4n) is 4.56. The van der Waals surface area contributed by atoms with Crippen molar-refractivity contribution in [3.63, 3.8) is 0 Å². The number of nitrogens with zero attached hydrogens (tertiary/aromatic N) is 3. The largest absolute Gasteiger partial charge is 0.373 e. The Balaban J connectivity index is 1.54. The SMILES string of the molecule is O=C1CCCN1CC(=O)N1CCO[C@@H](CN2CCCC2)[C@@H]1c1ccccc1. The van der Waals surface area contributed by atoms with Crippen molar-refractivity contribution in [3.8, 4) is 0 Å². The second kappa shape index (κ2) is 8.40. The van der Waals surface area contributed by atoms with Gasteiger partial charge in [-0.15, -0.1) is 0 Å². The molecular formula is C21H29N3O3. The molecule has 4 rings (SSSR count). The Labute approximate surface area is 161 Å². The normalized spacial score (nSPS) is 26.7. The zero-order chi connectivity index (χ0) is 18.6. The van der Waals surface area contributed by atoms with Gasteiger partial charge in [-0.3, -0.25) is 9.59 Å². The minimum Gasteiger partial charge on any atom is -0.373 e. The van der Waals surface area contributed by atoms with Gasteiger partial charge in [0, 0.05) is 26.1 Å². The molecule has 0 aromatic heterocycles. The Hall–Kier alpha value is -1.92. The van der Waals surface area contributed by atoms with Gasteiger partial charge in [0.1, 0.15) is 0 Å². The molecule has 2 amide bonds. The predicted octanol–water partition coefficient (Wildman–Crippen LogP) is 1.67. The minimum absolute atomic E-state index is 0.0301. The maximum atomic E-state index is 13.1. The highest BCUT2D eigenvalue weighted by molar-refractivity contribution is 5.86. The van der Waals surface area contributed by atoms with Crippen LogP contribution in [0.1, 0.15) is 37.3 Å². The second-order valence-electron chi connectivity index (χ2n) is 7.78. The standard InChI is InChI=1S/C21H29N3O3/c25-19-9-6-12-23(19)16-20(26)24-13-14-27-18(15-22-10-4-5-11-22)21(24)17-7-2-1-3-8-17/h1-3,7-8,18,21H,4-6,9-16H2/t18-,21-/m0/s1. The average Bonchev–Trinajstić information content (AvgIpc) is 3.34. The number of rotatable bonds is 5. The van der Waals surface area contributed by atoms with Gasteiger partial charge >= 0.3 is 0 Å². The summed E-state index contributed by atoms with van der Waals surface area (Å²) in [5.74, 6) is 0.135. The van der Waals surface area contributed by atoms with E-state index in [1.165, 1.54) is 12.8 Å². The summed E-state index contributed by atoms with van der Waals surface area (Å²) in [6.45, 7) is 5.10. The Kier molecular flexibility index (Phi) is 5.74. The summed E-state index contributed by atoms with van der Waals surface area (Å²) >= 11 is 0. The molecule has 146 valence electrons. The van der Waals surface area contributed by atoms with E-state index < -0.39 is 0 Å². The Morgan fingerprint density at radius 1 is 1.04 bits per heavy atom. The molecule has 1 aromatic rings. The number of carbonyl (C=O) groups excluding carboxylic acids is 2. The molecule has 0 spiro atoms. The Morgan fingerprint density at radius 3 is 2.52 bits per heavy atom. The topological polar surface area (TPSA) is 53.1 Å². The van der Waals surface area contributed by atoms with Crippen molar-refractivity contribution < 1.29 is 14.3 Å². The third-order valence-electron chi connectivity index (χ3n) is 5.95. The highest BCUT2D eigenvalue weighted by Gasteiger charge is 2.38. The fraction of sp³-hybridized carbons (Fsp3) is 0.619. The number of likely N-dealkylation sites (tertiary alicyclic amines) is 2. The van der Waals surface area contributed by atoms with Crippen LogP contribution in [0.5, 0.6) is 0 Å². The lowest BCUT2D eigenvalue weighted by atomic mass is 9.97. The molecule has 0 aliphatic carbocycles. The summed E-state index contributed by atoms with van der Waals surface area (Å²) < 4.78 is 6.16. The monoisotopic (exact) mass is 371 g/mol. The summed E-state index contributed by atoms with van der Waals surface area (Å²) in [5.41, 5.74) is 1.11. The Bertz CT molecular complexity index is 660. The summed E-state index contributed by atoms with van der Waals surface area (Å²) in [7, 11) is 0. The van der Waals surface area contributed by atoms with E-state index >= 15 is 0 Å². The Morgan fingerprint density at radius 2 is 1.81 bits per heavy atom. The van der Waals surface area contributed by atoms with Crippen LogP contribution < -0.4 is 0 Å². The van der Waals surface area contributed by atoms with Crippen molar-refractivity contribution in [2.45, 2.75) is 37.8 Å². The molecule has 6 nitrogen and oxygen atoms in total. The van der Waals surface area contributed by atoms with E-state index in [4.69, 9.17) is 4.74 Å². The van der Waals surface area contributed by atoms with Gasteiger partial charge in [-0.1, -0.05) is 30.3 Å². The van der Waals surface area contributed by atoms with Crippen molar-refractivity contribution in [1.29, 1.82) is 0 Å². The van der Waals surface area contributed by atoms with Crippen LogP contribution in [0.3, 0.4) is 0 Å². The molecule has 3 aliphatic heterocycles. The second-order valence-corrected chi connectivity index (χ2v) is 7.78. The van der Waals surface area contributed by atoms with E-state index in [9.17, 15) is 9.59 Å². The molecule has 0 unspecified atom stereocenters. The van der Waals surface area contributed by atoms with Crippen LogP contribution in [0.25, 0.3) is 0 Å². The number of amides is 2. The first kappa shape index (κ1) is 18.4. The van der Waals surface area contributed by atoms with Crippen LogP contribution in [-0.4, -0.2) is 78.5 Å². The molecule has 0 bridgehead atoms. The molecular weight excluding hydrogens is 342 g/mol. The molecule has 0 radical (unpaired) electrons. The van der Waals surface area contributed by atoms with Gasteiger partial charge in [-0.05, 0) is 37.9 Å². The first-order chi connectivity index (χ1) is 13.2. The molecule has 0 saturated carbocycles. The average molecular weight is 371 g/mol. The van der Waals surface area contributed by atoms with Crippen molar-refractivity contribution in [2.75, 3.05) is 45.9 Å². The van der Waals surface area contributed by atoms with Gasteiger partial charge in [-0.2, -0.15) is 0 Å². The number of ether oxygens (including phenoxy) is 1. The van der Waals surface area contributed by atoms with Crippen molar-refractivity contribution >= 4 is 11.8 Å². The first-order valence-corrected chi connectivity index (χ1v) is 10.2. The van der Waals surface area contributed by atoms with Crippen molar-refractivity contribution in [1.82, 2.24) is 14.7 Å². The summed E-state index contributed by atoms with van der Waals surface area (Å²) in [5, 5.41) is 0. The van der Waals surface area contributed by atoms with Gasteiger partial charge in [0.25, 0.3) is 0 Å². The zero-order valence-corrected chi connectivity index (χ0v) is 15.9. The highest BCUT2D eigenvalue weighted by atomic mass is 16.5.